The van der Waals surface area contributed by atoms with Crippen LogP contribution >= 0.6 is 11.6 Å². The maximum absolute atomic E-state index is 12.5. The van der Waals surface area contributed by atoms with Gasteiger partial charge in [0, 0.05) is 35.9 Å². The van der Waals surface area contributed by atoms with Crippen LogP contribution < -0.4 is 5.56 Å². The Bertz CT molecular complexity index is 915. The number of halogens is 1. The van der Waals surface area contributed by atoms with Crippen molar-refractivity contribution >= 4 is 23.2 Å². The lowest BCUT2D eigenvalue weighted by Gasteiger charge is -2.06. The van der Waals surface area contributed by atoms with Crippen LogP contribution in [0.15, 0.2) is 41.5 Å². The van der Waals surface area contributed by atoms with Crippen LogP contribution in [0, 0.1) is 0 Å². The third-order valence-electron chi connectivity index (χ3n) is 3.44. The highest BCUT2D eigenvalue weighted by atomic mass is 35.5. The average Bonchev–Trinajstić information content (AvgIpc) is 2.93. The van der Waals surface area contributed by atoms with Gasteiger partial charge in [0.1, 0.15) is 5.82 Å². The van der Waals surface area contributed by atoms with E-state index in [0.29, 0.717) is 29.4 Å². The minimum absolute atomic E-state index is 0.0523. The Morgan fingerprint density at radius 2 is 1.91 bits per heavy atom. The molecule has 0 radical (unpaired) electrons. The molecule has 0 atom stereocenters. The van der Waals surface area contributed by atoms with Crippen molar-refractivity contribution in [3.05, 3.63) is 57.9 Å². The van der Waals surface area contributed by atoms with Crippen molar-refractivity contribution in [2.45, 2.75) is 19.3 Å². The van der Waals surface area contributed by atoms with E-state index in [9.17, 15) is 9.59 Å². The number of carboxylic acid groups (broad SMARTS) is 1. The minimum atomic E-state index is -0.857. The van der Waals surface area contributed by atoms with Gasteiger partial charge in [-0.2, -0.15) is 0 Å². The van der Waals surface area contributed by atoms with Crippen molar-refractivity contribution in [2.75, 3.05) is 0 Å². The maximum atomic E-state index is 12.5. The first-order valence-electron chi connectivity index (χ1n) is 6.99. The Hall–Kier alpha value is -2.67. The van der Waals surface area contributed by atoms with E-state index in [1.54, 1.807) is 41.1 Å². The van der Waals surface area contributed by atoms with Crippen molar-refractivity contribution < 1.29 is 9.90 Å². The van der Waals surface area contributed by atoms with E-state index < -0.39 is 5.97 Å². The zero-order chi connectivity index (χ0) is 16.4. The summed E-state index contributed by atoms with van der Waals surface area (Å²) < 4.78 is 3.05. The van der Waals surface area contributed by atoms with E-state index in [2.05, 4.69) is 10.2 Å². The number of hydrogen-bond acceptors (Lipinski definition) is 4. The second-order valence-corrected chi connectivity index (χ2v) is 5.44. The Labute approximate surface area is 135 Å². The fourth-order valence-electron chi connectivity index (χ4n) is 2.31. The first-order valence-corrected chi connectivity index (χ1v) is 7.37. The molecule has 2 aromatic heterocycles. The number of benzene rings is 1. The maximum Gasteiger partial charge on any atom is 0.303 e. The van der Waals surface area contributed by atoms with Crippen LogP contribution in [0.25, 0.3) is 11.3 Å². The molecule has 0 saturated heterocycles. The fraction of sp³-hybridized carbons (Fsp3) is 0.200. The van der Waals surface area contributed by atoms with Crippen LogP contribution in [0.3, 0.4) is 0 Å². The molecule has 0 aliphatic rings. The summed E-state index contributed by atoms with van der Waals surface area (Å²) in [5, 5.41) is 17.2. The molecule has 2 heterocycles. The summed E-state index contributed by atoms with van der Waals surface area (Å²) in [4.78, 5) is 23.1. The van der Waals surface area contributed by atoms with E-state index in [0.717, 1.165) is 0 Å². The van der Waals surface area contributed by atoms with Gasteiger partial charge < -0.3 is 5.11 Å². The van der Waals surface area contributed by atoms with Gasteiger partial charge in [0.25, 0.3) is 0 Å². The predicted octanol–water partition coefficient (Wildman–Crippen LogP) is 1.94. The van der Waals surface area contributed by atoms with Crippen LogP contribution in [0.2, 0.25) is 5.02 Å². The minimum Gasteiger partial charge on any atom is -0.481 e. The number of hydrogen-bond donors (Lipinski definition) is 1. The number of aryl methyl sites for hydroxylation is 1. The largest absolute Gasteiger partial charge is 0.481 e. The first kappa shape index (κ1) is 15.2. The first-order chi connectivity index (χ1) is 11.1. The topological polar surface area (TPSA) is 89.5 Å². The fourth-order valence-corrected chi connectivity index (χ4v) is 2.43. The molecule has 0 spiro atoms. The molecule has 1 N–H and O–H groups in total. The number of carboxylic acids is 1. The molecule has 0 saturated carbocycles. The molecule has 0 aliphatic heterocycles. The molecule has 3 aromatic rings. The standard InChI is InChI=1S/C15H13ClN4O3/c16-10-4-6-11(7-5-10)19-8-9-20-12(2-1-3-13(21)22)17-18-14(20)15(19)23/h4-9H,1-3H2,(H,21,22). The van der Waals surface area contributed by atoms with Crippen LogP contribution in [0.4, 0.5) is 0 Å². The smallest absolute Gasteiger partial charge is 0.303 e. The van der Waals surface area contributed by atoms with Gasteiger partial charge in [0.15, 0.2) is 0 Å². The summed E-state index contributed by atoms with van der Waals surface area (Å²) in [6.45, 7) is 0. The van der Waals surface area contributed by atoms with Gasteiger partial charge >= 0.3 is 11.5 Å². The molecular formula is C15H13ClN4O3. The lowest BCUT2D eigenvalue weighted by Crippen LogP contribution is -2.20. The van der Waals surface area contributed by atoms with Crippen molar-refractivity contribution in [3.8, 4) is 5.69 Å². The molecule has 0 aliphatic carbocycles. The van der Waals surface area contributed by atoms with Crippen molar-refractivity contribution in [2.24, 2.45) is 0 Å². The predicted molar refractivity (Wildman–Crippen MR) is 84.2 cm³/mol. The third-order valence-corrected chi connectivity index (χ3v) is 3.69. The van der Waals surface area contributed by atoms with Crippen molar-refractivity contribution in [3.63, 3.8) is 0 Å². The summed E-state index contributed by atoms with van der Waals surface area (Å²) in [7, 11) is 0. The molecule has 0 bridgehead atoms. The van der Waals surface area contributed by atoms with Gasteiger partial charge in [-0.1, -0.05) is 11.6 Å². The lowest BCUT2D eigenvalue weighted by atomic mass is 10.2. The molecule has 0 unspecified atom stereocenters. The second-order valence-electron chi connectivity index (χ2n) is 5.01. The van der Waals surface area contributed by atoms with Gasteiger partial charge in [0.05, 0.1) is 0 Å². The van der Waals surface area contributed by atoms with Gasteiger partial charge in [-0.15, -0.1) is 10.2 Å². The van der Waals surface area contributed by atoms with Gasteiger partial charge in [-0.3, -0.25) is 18.6 Å². The van der Waals surface area contributed by atoms with Crippen LogP contribution in [-0.2, 0) is 11.2 Å². The normalized spacial score (nSPS) is 11.0. The van der Waals surface area contributed by atoms with E-state index in [-0.39, 0.29) is 17.6 Å². The molecule has 23 heavy (non-hydrogen) atoms. The highest BCUT2D eigenvalue weighted by Gasteiger charge is 2.11. The molecular weight excluding hydrogens is 320 g/mol. The molecule has 0 fully saturated rings. The zero-order valence-electron chi connectivity index (χ0n) is 12.0. The Kier molecular flexibility index (Phi) is 4.12. The SMILES string of the molecule is O=C(O)CCCc1nnc2c(=O)n(-c3ccc(Cl)cc3)ccn12. The Morgan fingerprint density at radius 3 is 2.61 bits per heavy atom. The van der Waals surface area contributed by atoms with E-state index in [1.165, 1.54) is 4.57 Å². The Morgan fingerprint density at radius 1 is 1.17 bits per heavy atom. The van der Waals surface area contributed by atoms with E-state index in [4.69, 9.17) is 16.7 Å². The third kappa shape index (κ3) is 3.09. The summed E-state index contributed by atoms with van der Waals surface area (Å²) in [5.74, 6) is -0.287. The summed E-state index contributed by atoms with van der Waals surface area (Å²) >= 11 is 5.85. The zero-order valence-corrected chi connectivity index (χ0v) is 12.8. The molecule has 1 aromatic carbocycles. The van der Waals surface area contributed by atoms with E-state index in [1.807, 2.05) is 0 Å². The highest BCUT2D eigenvalue weighted by Crippen LogP contribution is 2.12. The number of nitrogens with zero attached hydrogens (tertiary/aromatic N) is 4. The molecule has 7 nitrogen and oxygen atoms in total. The molecule has 8 heteroatoms. The summed E-state index contributed by atoms with van der Waals surface area (Å²) in [6.07, 6.45) is 4.26. The number of aromatic nitrogens is 4. The number of fused-ring (bicyclic) bond motifs is 1. The van der Waals surface area contributed by atoms with E-state index >= 15 is 0 Å². The Balaban J connectivity index is 1.96. The number of carbonyl (C=O) groups is 1. The molecule has 118 valence electrons. The van der Waals surface area contributed by atoms with Crippen LogP contribution in [0.5, 0.6) is 0 Å². The van der Waals surface area contributed by atoms with Gasteiger partial charge in [-0.05, 0) is 30.7 Å². The lowest BCUT2D eigenvalue weighted by molar-refractivity contribution is -0.137. The van der Waals surface area contributed by atoms with Gasteiger partial charge in [-0.25, -0.2) is 0 Å². The van der Waals surface area contributed by atoms with Crippen LogP contribution in [0.1, 0.15) is 18.7 Å². The highest BCUT2D eigenvalue weighted by molar-refractivity contribution is 6.30. The van der Waals surface area contributed by atoms with Crippen molar-refractivity contribution in [1.29, 1.82) is 0 Å². The van der Waals surface area contributed by atoms with Gasteiger partial charge in [0.2, 0.25) is 5.65 Å². The average molecular weight is 333 g/mol. The van der Waals surface area contributed by atoms with Crippen LogP contribution in [-0.4, -0.2) is 30.2 Å². The molecule has 3 rings (SSSR count). The number of aliphatic carboxylic acids is 1. The monoisotopic (exact) mass is 332 g/mol. The summed E-state index contributed by atoms with van der Waals surface area (Å²) in [6, 6.07) is 6.89. The number of rotatable bonds is 5. The van der Waals surface area contributed by atoms with Crippen molar-refractivity contribution in [1.82, 2.24) is 19.2 Å². The quantitative estimate of drug-likeness (QED) is 0.771. The summed E-state index contributed by atoms with van der Waals surface area (Å²) in [5.41, 5.74) is 0.580. The second kappa shape index (κ2) is 6.21. The molecule has 0 amide bonds.